The highest BCUT2D eigenvalue weighted by Gasteiger charge is 2.11. The second kappa shape index (κ2) is 9.59. The van der Waals surface area contributed by atoms with Crippen molar-refractivity contribution in [1.82, 2.24) is 0 Å². The van der Waals surface area contributed by atoms with Crippen LogP contribution in [0.3, 0.4) is 0 Å². The van der Waals surface area contributed by atoms with Crippen molar-refractivity contribution in [3.8, 4) is 11.5 Å². The lowest BCUT2D eigenvalue weighted by Gasteiger charge is -2.05. The lowest BCUT2D eigenvalue weighted by molar-refractivity contribution is 0.103. The summed E-state index contributed by atoms with van der Waals surface area (Å²) >= 11 is 0. The van der Waals surface area contributed by atoms with Crippen LogP contribution in [0.5, 0.6) is 11.5 Å². The van der Waals surface area contributed by atoms with Crippen LogP contribution in [0.25, 0.3) is 12.2 Å². The van der Waals surface area contributed by atoms with Gasteiger partial charge in [0, 0.05) is 22.3 Å². The summed E-state index contributed by atoms with van der Waals surface area (Å²) in [4.78, 5) is 25.4. The predicted molar refractivity (Wildman–Crippen MR) is 134 cm³/mol. The third-order valence-electron chi connectivity index (χ3n) is 5.73. The van der Waals surface area contributed by atoms with Gasteiger partial charge in [-0.15, -0.1) is 0 Å². The normalized spacial score (nSPS) is 11.0. The van der Waals surface area contributed by atoms with Crippen LogP contribution in [0.1, 0.15) is 54.1 Å². The molecule has 4 aromatic rings. The zero-order chi connectivity index (χ0) is 24.2. The summed E-state index contributed by atoms with van der Waals surface area (Å²) in [5.74, 6) is 0.153. The molecule has 0 amide bonds. The highest BCUT2D eigenvalue weighted by Crippen LogP contribution is 2.21. The molecule has 0 saturated carbocycles. The number of carbonyl (C=O) groups is 2. The minimum atomic E-state index is -0.0947. The van der Waals surface area contributed by atoms with Gasteiger partial charge in [-0.25, -0.2) is 0 Å². The number of ketones is 2. The summed E-state index contributed by atoms with van der Waals surface area (Å²) < 4.78 is 0. The van der Waals surface area contributed by atoms with Gasteiger partial charge in [0.25, 0.3) is 0 Å². The van der Waals surface area contributed by atoms with E-state index in [1.807, 2.05) is 36.4 Å². The van der Waals surface area contributed by atoms with Crippen LogP contribution in [0.15, 0.2) is 84.9 Å². The summed E-state index contributed by atoms with van der Waals surface area (Å²) in [6.45, 7) is 3.52. The number of rotatable bonds is 6. The molecule has 34 heavy (non-hydrogen) atoms. The molecule has 4 heteroatoms. The number of phenols is 2. The Morgan fingerprint density at radius 3 is 1.18 bits per heavy atom. The molecule has 0 aromatic heterocycles. The van der Waals surface area contributed by atoms with Crippen LogP contribution in [0.4, 0.5) is 0 Å². The fourth-order valence-corrected chi connectivity index (χ4v) is 3.61. The third kappa shape index (κ3) is 4.97. The van der Waals surface area contributed by atoms with E-state index in [0.717, 1.165) is 11.1 Å². The van der Waals surface area contributed by atoms with Crippen molar-refractivity contribution in [1.29, 1.82) is 0 Å². The van der Waals surface area contributed by atoms with E-state index in [9.17, 15) is 19.8 Å². The molecule has 0 aliphatic rings. The number of hydrogen-bond acceptors (Lipinski definition) is 4. The summed E-state index contributed by atoms with van der Waals surface area (Å²) in [6.07, 6.45) is 3.89. The molecule has 0 fully saturated rings. The van der Waals surface area contributed by atoms with Gasteiger partial charge in [-0.2, -0.15) is 0 Å². The molecule has 0 heterocycles. The summed E-state index contributed by atoms with van der Waals surface area (Å²) in [7, 11) is 0. The highest BCUT2D eigenvalue weighted by atomic mass is 16.3. The Bertz CT molecular complexity index is 1290. The first-order valence-corrected chi connectivity index (χ1v) is 10.9. The van der Waals surface area contributed by atoms with Crippen molar-refractivity contribution >= 4 is 23.7 Å². The average Bonchev–Trinajstić information content (AvgIpc) is 2.86. The number of carbonyl (C=O) groups excluding carboxylic acids is 2. The molecule has 168 valence electrons. The van der Waals surface area contributed by atoms with Gasteiger partial charge in [0.1, 0.15) is 11.5 Å². The summed E-state index contributed by atoms with van der Waals surface area (Å²) in [5.41, 5.74) is 5.44. The second-order valence-corrected chi connectivity index (χ2v) is 8.24. The van der Waals surface area contributed by atoms with Gasteiger partial charge in [-0.05, 0) is 72.5 Å². The third-order valence-corrected chi connectivity index (χ3v) is 5.73. The molecular weight excluding hydrogens is 424 g/mol. The van der Waals surface area contributed by atoms with Gasteiger partial charge in [-0.3, -0.25) is 9.59 Å². The Morgan fingerprint density at radius 1 is 0.529 bits per heavy atom. The van der Waals surface area contributed by atoms with E-state index in [2.05, 4.69) is 0 Å². The molecule has 2 N–H and O–H groups in total. The minimum Gasteiger partial charge on any atom is -0.508 e. The molecular formula is C30H24O4. The zero-order valence-electron chi connectivity index (χ0n) is 18.9. The quantitative estimate of drug-likeness (QED) is 0.266. The van der Waals surface area contributed by atoms with Crippen LogP contribution in [-0.4, -0.2) is 21.8 Å². The van der Waals surface area contributed by atoms with E-state index in [1.54, 1.807) is 62.4 Å². The van der Waals surface area contributed by atoms with E-state index >= 15 is 0 Å². The van der Waals surface area contributed by atoms with Crippen molar-refractivity contribution < 1.29 is 19.8 Å². The van der Waals surface area contributed by atoms with Gasteiger partial charge >= 0.3 is 0 Å². The van der Waals surface area contributed by atoms with E-state index in [4.69, 9.17) is 0 Å². The molecule has 4 rings (SSSR count). The molecule has 0 radical (unpaired) electrons. The van der Waals surface area contributed by atoms with Gasteiger partial charge in [-0.1, -0.05) is 60.7 Å². The molecule has 0 aliphatic heterocycles. The first-order valence-electron chi connectivity index (χ1n) is 10.9. The van der Waals surface area contributed by atoms with Crippen molar-refractivity contribution in [2.45, 2.75) is 13.8 Å². The van der Waals surface area contributed by atoms with Crippen molar-refractivity contribution in [2.75, 3.05) is 0 Å². The van der Waals surface area contributed by atoms with Gasteiger partial charge in [0.2, 0.25) is 0 Å². The fourth-order valence-electron chi connectivity index (χ4n) is 3.61. The topological polar surface area (TPSA) is 74.6 Å². The maximum Gasteiger partial charge on any atom is 0.193 e. The number of phenolic OH excluding ortho intramolecular Hbond substituents is 2. The average molecular weight is 449 g/mol. The Hall–Kier alpha value is -4.44. The minimum absolute atomic E-state index is 0.0947. The standard InChI is InChI=1S/C30H24O4/c1-19-17-25(13-15-27(19)31)29(33)23-9-5-21(6-10-23)3-4-22-7-11-24(12-8-22)30(34)26-14-16-28(32)20(2)18-26/h3-18,31-32H,1-2H3/b4-3+. The number of aromatic hydroxyl groups is 2. The van der Waals surface area contributed by atoms with Crippen LogP contribution >= 0.6 is 0 Å². The molecule has 4 aromatic carbocycles. The predicted octanol–water partition coefficient (Wildman–Crippen LogP) is 6.35. The van der Waals surface area contributed by atoms with Gasteiger partial charge in [0.05, 0.1) is 0 Å². The monoisotopic (exact) mass is 448 g/mol. The first kappa shape index (κ1) is 22.7. The summed E-state index contributed by atoms with van der Waals surface area (Å²) in [5, 5.41) is 19.3. The Balaban J connectivity index is 1.44. The Morgan fingerprint density at radius 2 is 0.853 bits per heavy atom. The molecule has 0 atom stereocenters. The highest BCUT2D eigenvalue weighted by molar-refractivity contribution is 6.10. The van der Waals surface area contributed by atoms with Crippen LogP contribution in [0, 0.1) is 13.8 Å². The van der Waals surface area contributed by atoms with Crippen LogP contribution < -0.4 is 0 Å². The smallest absolute Gasteiger partial charge is 0.193 e. The van der Waals surface area contributed by atoms with Crippen molar-refractivity contribution in [2.24, 2.45) is 0 Å². The number of aryl methyl sites for hydroxylation is 2. The molecule has 0 aliphatic carbocycles. The largest absolute Gasteiger partial charge is 0.508 e. The SMILES string of the molecule is Cc1cc(C(=O)c2ccc(/C=C/c3ccc(C(=O)c4ccc(O)c(C)c4)cc3)cc2)ccc1O. The lowest BCUT2D eigenvalue weighted by atomic mass is 9.99. The molecule has 0 unspecified atom stereocenters. The molecule has 4 nitrogen and oxygen atoms in total. The summed E-state index contributed by atoms with van der Waals surface area (Å²) in [6, 6.07) is 24.3. The fraction of sp³-hybridized carbons (Fsp3) is 0.0667. The zero-order valence-corrected chi connectivity index (χ0v) is 18.9. The molecule has 0 saturated heterocycles. The van der Waals surface area contributed by atoms with Crippen molar-refractivity contribution in [3.05, 3.63) is 129 Å². The second-order valence-electron chi connectivity index (χ2n) is 8.24. The lowest BCUT2D eigenvalue weighted by Crippen LogP contribution is -2.01. The number of benzene rings is 4. The number of hydrogen-bond donors (Lipinski definition) is 2. The van der Waals surface area contributed by atoms with Crippen LogP contribution in [0.2, 0.25) is 0 Å². The maximum atomic E-state index is 12.7. The van der Waals surface area contributed by atoms with E-state index < -0.39 is 0 Å². The maximum absolute atomic E-state index is 12.7. The molecule has 0 bridgehead atoms. The molecule has 0 spiro atoms. The van der Waals surface area contributed by atoms with E-state index in [0.29, 0.717) is 33.4 Å². The van der Waals surface area contributed by atoms with Crippen molar-refractivity contribution in [3.63, 3.8) is 0 Å². The van der Waals surface area contributed by atoms with E-state index in [-0.39, 0.29) is 23.1 Å². The van der Waals surface area contributed by atoms with Crippen LogP contribution in [-0.2, 0) is 0 Å². The Labute approximate surface area is 198 Å². The van der Waals surface area contributed by atoms with Gasteiger partial charge < -0.3 is 10.2 Å². The van der Waals surface area contributed by atoms with E-state index in [1.165, 1.54) is 12.1 Å². The Kier molecular flexibility index (Phi) is 6.42. The van der Waals surface area contributed by atoms with Gasteiger partial charge in [0.15, 0.2) is 11.6 Å². The first-order chi connectivity index (χ1) is 16.3.